The lowest BCUT2D eigenvalue weighted by Crippen LogP contribution is -2.09. The Bertz CT molecular complexity index is 534. The molecule has 94 valence electrons. The highest BCUT2D eigenvalue weighted by atomic mass is 35.5. The molecule has 1 atom stereocenters. The van der Waals surface area contributed by atoms with Crippen molar-refractivity contribution in [2.24, 2.45) is 0 Å². The van der Waals surface area contributed by atoms with Crippen molar-refractivity contribution in [3.05, 3.63) is 52.7 Å². The van der Waals surface area contributed by atoms with Gasteiger partial charge in [-0.2, -0.15) is 0 Å². The quantitative estimate of drug-likeness (QED) is 0.827. The molecular weight excluding hydrogens is 246 g/mol. The molecule has 0 radical (unpaired) electrons. The number of rotatable bonds is 3. The summed E-state index contributed by atoms with van der Waals surface area (Å²) in [6.45, 7) is 4.17. The predicted molar refractivity (Wildman–Crippen MR) is 76.9 cm³/mol. The maximum absolute atomic E-state index is 5.88. The molecule has 2 aromatic rings. The summed E-state index contributed by atoms with van der Waals surface area (Å²) in [7, 11) is 0. The Morgan fingerprint density at radius 3 is 2.67 bits per heavy atom. The second-order valence-electron chi connectivity index (χ2n) is 4.33. The molecule has 2 rings (SSSR count). The molecule has 0 amide bonds. The van der Waals surface area contributed by atoms with Gasteiger partial charge in [-0.05, 0) is 31.0 Å². The smallest absolute Gasteiger partial charge is 0.133 e. The average Bonchev–Trinajstić information content (AvgIpc) is 2.27. The zero-order valence-electron chi connectivity index (χ0n) is 10.4. The minimum atomic E-state index is 0.150. The van der Waals surface area contributed by atoms with Gasteiger partial charge in [-0.25, -0.2) is 4.98 Å². The number of anilines is 2. The highest BCUT2D eigenvalue weighted by Gasteiger charge is 2.09. The fourth-order valence-electron chi connectivity index (χ4n) is 1.96. The topological polar surface area (TPSA) is 50.9 Å². The van der Waals surface area contributed by atoms with Crippen LogP contribution < -0.4 is 11.1 Å². The molecule has 0 spiro atoms. The molecule has 0 aliphatic heterocycles. The highest BCUT2D eigenvalue weighted by molar-refractivity contribution is 6.29. The monoisotopic (exact) mass is 261 g/mol. The van der Waals surface area contributed by atoms with Crippen molar-refractivity contribution in [3.8, 4) is 0 Å². The second-order valence-corrected chi connectivity index (χ2v) is 4.72. The van der Waals surface area contributed by atoms with Crippen molar-refractivity contribution in [2.75, 3.05) is 11.1 Å². The molecule has 0 aliphatic carbocycles. The Balaban J connectivity index is 2.21. The van der Waals surface area contributed by atoms with E-state index < -0.39 is 0 Å². The minimum Gasteiger partial charge on any atom is -0.399 e. The predicted octanol–water partition coefficient (Wildman–Crippen LogP) is 3.80. The fraction of sp³-hybridized carbons (Fsp3) is 0.214. The highest BCUT2D eigenvalue weighted by Crippen LogP contribution is 2.23. The third-order valence-corrected chi connectivity index (χ3v) is 3.03. The number of pyridine rings is 1. The summed E-state index contributed by atoms with van der Waals surface area (Å²) in [6, 6.07) is 11.8. The number of hydrogen-bond acceptors (Lipinski definition) is 3. The van der Waals surface area contributed by atoms with Gasteiger partial charge in [0.15, 0.2) is 0 Å². The summed E-state index contributed by atoms with van der Waals surface area (Å²) in [6.07, 6.45) is 0. The third-order valence-electron chi connectivity index (χ3n) is 2.84. The summed E-state index contributed by atoms with van der Waals surface area (Å²) in [5, 5.41) is 3.70. The van der Waals surface area contributed by atoms with Crippen LogP contribution >= 0.6 is 11.6 Å². The standard InChI is InChI=1S/C14H16ClN3/c1-9-5-3-4-6-12(9)10(2)17-14-8-11(16)7-13(15)18-14/h3-8,10H,1-2H3,(H3,16,17,18). The molecule has 0 saturated carbocycles. The number of nitrogens with two attached hydrogens (primary N) is 1. The molecule has 1 heterocycles. The van der Waals surface area contributed by atoms with E-state index in [1.807, 2.05) is 12.1 Å². The van der Waals surface area contributed by atoms with Crippen LogP contribution in [0.15, 0.2) is 36.4 Å². The van der Waals surface area contributed by atoms with Crippen molar-refractivity contribution >= 4 is 23.1 Å². The zero-order valence-corrected chi connectivity index (χ0v) is 11.2. The van der Waals surface area contributed by atoms with Gasteiger partial charge in [-0.3, -0.25) is 0 Å². The van der Waals surface area contributed by atoms with Crippen LogP contribution in [0.1, 0.15) is 24.1 Å². The first-order chi connectivity index (χ1) is 8.56. The van der Waals surface area contributed by atoms with Crippen LogP contribution in [0, 0.1) is 6.92 Å². The molecule has 0 fully saturated rings. The molecule has 1 aromatic carbocycles. The van der Waals surface area contributed by atoms with Gasteiger partial charge in [-0.1, -0.05) is 35.9 Å². The van der Waals surface area contributed by atoms with E-state index in [1.165, 1.54) is 11.1 Å². The van der Waals surface area contributed by atoms with E-state index in [0.29, 0.717) is 16.7 Å². The molecule has 0 bridgehead atoms. The van der Waals surface area contributed by atoms with E-state index in [1.54, 1.807) is 12.1 Å². The molecule has 4 heteroatoms. The van der Waals surface area contributed by atoms with E-state index in [4.69, 9.17) is 17.3 Å². The molecule has 1 aromatic heterocycles. The van der Waals surface area contributed by atoms with Crippen LogP contribution in [0.5, 0.6) is 0 Å². The Kier molecular flexibility index (Phi) is 3.72. The summed E-state index contributed by atoms with van der Waals surface area (Å²) in [5.41, 5.74) is 8.82. The van der Waals surface area contributed by atoms with Crippen molar-refractivity contribution in [1.82, 2.24) is 4.98 Å². The Morgan fingerprint density at radius 1 is 1.28 bits per heavy atom. The number of nitrogens with one attached hydrogen (secondary N) is 1. The number of nitrogens with zero attached hydrogens (tertiary/aromatic N) is 1. The summed E-state index contributed by atoms with van der Waals surface area (Å²) >= 11 is 5.88. The van der Waals surface area contributed by atoms with Gasteiger partial charge in [0, 0.05) is 11.8 Å². The minimum absolute atomic E-state index is 0.150. The summed E-state index contributed by atoms with van der Waals surface area (Å²) in [4.78, 5) is 4.20. The molecule has 18 heavy (non-hydrogen) atoms. The van der Waals surface area contributed by atoms with Gasteiger partial charge in [-0.15, -0.1) is 0 Å². The Morgan fingerprint density at radius 2 is 2.00 bits per heavy atom. The lowest BCUT2D eigenvalue weighted by Gasteiger charge is -2.17. The SMILES string of the molecule is Cc1ccccc1C(C)Nc1cc(N)cc(Cl)n1. The van der Waals surface area contributed by atoms with Crippen LogP contribution in [0.3, 0.4) is 0 Å². The van der Waals surface area contributed by atoms with Crippen LogP contribution in [-0.4, -0.2) is 4.98 Å². The zero-order chi connectivity index (χ0) is 13.1. The van der Waals surface area contributed by atoms with Crippen LogP contribution in [0.25, 0.3) is 0 Å². The van der Waals surface area contributed by atoms with Crippen LogP contribution in [0.4, 0.5) is 11.5 Å². The number of aryl methyl sites for hydroxylation is 1. The van der Waals surface area contributed by atoms with Gasteiger partial charge >= 0.3 is 0 Å². The molecule has 1 unspecified atom stereocenters. The summed E-state index contributed by atoms with van der Waals surface area (Å²) in [5.74, 6) is 0.691. The van der Waals surface area contributed by atoms with E-state index in [2.05, 4.69) is 36.3 Å². The number of hydrogen-bond donors (Lipinski definition) is 2. The van der Waals surface area contributed by atoms with Gasteiger partial charge < -0.3 is 11.1 Å². The van der Waals surface area contributed by atoms with Crippen LogP contribution in [0.2, 0.25) is 5.15 Å². The maximum Gasteiger partial charge on any atom is 0.133 e. The first-order valence-electron chi connectivity index (χ1n) is 5.81. The lowest BCUT2D eigenvalue weighted by molar-refractivity contribution is 0.865. The fourth-order valence-corrected chi connectivity index (χ4v) is 2.18. The normalized spacial score (nSPS) is 12.2. The lowest BCUT2D eigenvalue weighted by atomic mass is 10.0. The number of benzene rings is 1. The van der Waals surface area contributed by atoms with Gasteiger partial charge in [0.2, 0.25) is 0 Å². The van der Waals surface area contributed by atoms with E-state index >= 15 is 0 Å². The van der Waals surface area contributed by atoms with E-state index in [0.717, 1.165) is 0 Å². The molecule has 0 aliphatic rings. The molecule has 3 nitrogen and oxygen atoms in total. The molecule has 0 saturated heterocycles. The van der Waals surface area contributed by atoms with Crippen molar-refractivity contribution < 1.29 is 0 Å². The summed E-state index contributed by atoms with van der Waals surface area (Å²) < 4.78 is 0. The second kappa shape index (κ2) is 5.27. The number of nitrogen functional groups attached to an aromatic ring is 1. The first kappa shape index (κ1) is 12.7. The third kappa shape index (κ3) is 2.93. The maximum atomic E-state index is 5.88. The molecular formula is C14H16ClN3. The van der Waals surface area contributed by atoms with E-state index in [-0.39, 0.29) is 6.04 Å². The molecule has 3 N–H and O–H groups in total. The van der Waals surface area contributed by atoms with Crippen molar-refractivity contribution in [3.63, 3.8) is 0 Å². The van der Waals surface area contributed by atoms with Crippen molar-refractivity contribution in [1.29, 1.82) is 0 Å². The number of aromatic nitrogens is 1. The Labute approximate surface area is 112 Å². The van der Waals surface area contributed by atoms with Crippen LogP contribution in [-0.2, 0) is 0 Å². The van der Waals surface area contributed by atoms with Crippen molar-refractivity contribution in [2.45, 2.75) is 19.9 Å². The van der Waals surface area contributed by atoms with E-state index in [9.17, 15) is 0 Å². The van der Waals surface area contributed by atoms with Gasteiger partial charge in [0.1, 0.15) is 11.0 Å². The first-order valence-corrected chi connectivity index (χ1v) is 6.19. The number of halogens is 1. The Hall–Kier alpha value is -1.74. The average molecular weight is 262 g/mol. The largest absolute Gasteiger partial charge is 0.399 e. The van der Waals surface area contributed by atoms with Gasteiger partial charge in [0.25, 0.3) is 0 Å². The van der Waals surface area contributed by atoms with Gasteiger partial charge in [0.05, 0.1) is 6.04 Å².